The number of allylic oxidation sites excluding steroid dienone is 1. The zero-order chi connectivity index (χ0) is 10.7. The fourth-order valence-electron chi connectivity index (χ4n) is 3.40. The van der Waals surface area contributed by atoms with Gasteiger partial charge in [0.05, 0.1) is 12.7 Å². The zero-order valence-electron chi connectivity index (χ0n) is 8.82. The summed E-state index contributed by atoms with van der Waals surface area (Å²) < 4.78 is 4.74. The molecule has 3 atom stereocenters. The quantitative estimate of drug-likeness (QED) is 0.653. The molecule has 3 heteroatoms. The number of hydrogen-bond acceptors (Lipinski definition) is 3. The van der Waals surface area contributed by atoms with E-state index in [0.717, 1.165) is 19.3 Å². The third kappa shape index (κ3) is 0.918. The van der Waals surface area contributed by atoms with Crippen molar-refractivity contribution in [3.8, 4) is 0 Å². The number of rotatable bonds is 1. The van der Waals surface area contributed by atoms with Crippen LogP contribution in [-0.4, -0.2) is 19.1 Å². The number of ether oxygens (including phenoxy) is 1. The third-order valence-electron chi connectivity index (χ3n) is 4.39. The molecule has 0 aliphatic heterocycles. The van der Waals surface area contributed by atoms with E-state index in [0.29, 0.717) is 5.57 Å². The van der Waals surface area contributed by atoms with Gasteiger partial charge in [-0.25, -0.2) is 4.79 Å². The molecule has 3 rings (SSSR count). The van der Waals surface area contributed by atoms with Crippen LogP contribution in [-0.2, 0) is 9.53 Å². The van der Waals surface area contributed by atoms with Gasteiger partial charge >= 0.3 is 5.97 Å². The third-order valence-corrected chi connectivity index (χ3v) is 4.39. The zero-order valence-corrected chi connectivity index (χ0v) is 8.82. The molecule has 2 unspecified atom stereocenters. The molecule has 2 saturated carbocycles. The van der Waals surface area contributed by atoms with Crippen molar-refractivity contribution in [3.05, 3.63) is 23.8 Å². The van der Waals surface area contributed by atoms with E-state index in [-0.39, 0.29) is 22.8 Å². The number of hydrogen-bond donors (Lipinski definition) is 1. The molecular weight excluding hydrogens is 190 g/mol. The van der Waals surface area contributed by atoms with Crippen molar-refractivity contribution in [2.45, 2.75) is 25.3 Å². The molecule has 0 saturated heterocycles. The van der Waals surface area contributed by atoms with Gasteiger partial charge in [-0.3, -0.25) is 0 Å². The minimum atomic E-state index is -0.235. The van der Waals surface area contributed by atoms with Crippen LogP contribution < -0.4 is 5.73 Å². The summed E-state index contributed by atoms with van der Waals surface area (Å²) in [5.41, 5.74) is 7.17. The van der Waals surface area contributed by atoms with Crippen LogP contribution in [0.1, 0.15) is 19.3 Å². The van der Waals surface area contributed by atoms with Crippen molar-refractivity contribution in [1.29, 1.82) is 0 Å². The van der Waals surface area contributed by atoms with Gasteiger partial charge in [-0.05, 0) is 19.3 Å². The van der Waals surface area contributed by atoms with E-state index in [1.807, 2.05) is 6.08 Å². The van der Waals surface area contributed by atoms with Crippen molar-refractivity contribution >= 4 is 5.97 Å². The second-order valence-electron chi connectivity index (χ2n) is 4.94. The summed E-state index contributed by atoms with van der Waals surface area (Å²) in [6.45, 7) is 0. The molecule has 80 valence electrons. The maximum Gasteiger partial charge on any atom is 0.337 e. The van der Waals surface area contributed by atoms with Crippen molar-refractivity contribution < 1.29 is 9.53 Å². The van der Waals surface area contributed by atoms with Gasteiger partial charge in [0.15, 0.2) is 0 Å². The molecule has 15 heavy (non-hydrogen) atoms. The molecule has 2 N–H and O–H groups in total. The van der Waals surface area contributed by atoms with Gasteiger partial charge in [0, 0.05) is 16.9 Å². The van der Waals surface area contributed by atoms with Crippen LogP contribution in [0.4, 0.5) is 0 Å². The maximum absolute atomic E-state index is 11.4. The maximum atomic E-state index is 11.4. The van der Waals surface area contributed by atoms with Gasteiger partial charge in [0.25, 0.3) is 0 Å². The predicted octanol–water partition coefficient (Wildman–Crippen LogP) is 1.15. The first-order chi connectivity index (χ1) is 7.13. The summed E-state index contributed by atoms with van der Waals surface area (Å²) >= 11 is 0. The lowest BCUT2D eigenvalue weighted by Crippen LogP contribution is -2.29. The average molecular weight is 205 g/mol. The summed E-state index contributed by atoms with van der Waals surface area (Å²) in [7, 11) is 1.42. The molecule has 2 fully saturated rings. The first kappa shape index (κ1) is 9.16. The number of nitrogens with two attached hydrogens (primary N) is 1. The highest BCUT2D eigenvalue weighted by Crippen LogP contribution is 2.75. The highest BCUT2D eigenvalue weighted by molar-refractivity contribution is 5.92. The van der Waals surface area contributed by atoms with E-state index in [4.69, 9.17) is 10.5 Å². The SMILES string of the molecule is COC(=O)C1=CC23CC[C@H](N)C2(C=C1)C3. The van der Waals surface area contributed by atoms with E-state index in [9.17, 15) is 4.79 Å². The number of esters is 1. The molecule has 0 aromatic heterocycles. The van der Waals surface area contributed by atoms with E-state index in [1.54, 1.807) is 0 Å². The van der Waals surface area contributed by atoms with Crippen LogP contribution in [0.15, 0.2) is 23.8 Å². The average Bonchev–Trinajstić information content (AvgIpc) is 2.86. The normalized spacial score (nSPS) is 45.5. The largest absolute Gasteiger partial charge is 0.465 e. The summed E-state index contributed by atoms with van der Waals surface area (Å²) in [5, 5.41) is 0. The van der Waals surface area contributed by atoms with Gasteiger partial charge in [0.1, 0.15) is 0 Å². The lowest BCUT2D eigenvalue weighted by atomic mass is 9.87. The van der Waals surface area contributed by atoms with Crippen LogP contribution in [0.25, 0.3) is 0 Å². The van der Waals surface area contributed by atoms with Crippen molar-refractivity contribution in [2.24, 2.45) is 16.6 Å². The van der Waals surface area contributed by atoms with E-state index in [1.165, 1.54) is 7.11 Å². The molecule has 0 radical (unpaired) electrons. The number of carbonyl (C=O) groups excluding carboxylic acids is 1. The lowest BCUT2D eigenvalue weighted by molar-refractivity contribution is -0.135. The molecule has 3 aliphatic rings. The number of carbonyl (C=O) groups is 1. The van der Waals surface area contributed by atoms with Crippen molar-refractivity contribution in [3.63, 3.8) is 0 Å². The van der Waals surface area contributed by atoms with Crippen molar-refractivity contribution in [1.82, 2.24) is 0 Å². The summed E-state index contributed by atoms with van der Waals surface area (Å²) in [4.78, 5) is 11.4. The lowest BCUT2D eigenvalue weighted by Gasteiger charge is -2.20. The van der Waals surface area contributed by atoms with Crippen LogP contribution in [0, 0.1) is 10.8 Å². The topological polar surface area (TPSA) is 52.3 Å². The first-order valence-electron chi connectivity index (χ1n) is 5.40. The first-order valence-corrected chi connectivity index (χ1v) is 5.40. The monoisotopic (exact) mass is 205 g/mol. The molecule has 0 heterocycles. The fourth-order valence-corrected chi connectivity index (χ4v) is 3.40. The molecule has 3 aliphatic carbocycles. The Labute approximate surface area is 89.0 Å². The molecule has 0 bridgehead atoms. The Morgan fingerprint density at radius 3 is 3.20 bits per heavy atom. The molecule has 0 aromatic carbocycles. The highest BCUT2D eigenvalue weighted by Gasteiger charge is 2.71. The Hall–Kier alpha value is -1.09. The molecular formula is C12H15NO2. The Balaban J connectivity index is 1.96. The summed E-state index contributed by atoms with van der Waals surface area (Å²) in [6, 6.07) is 0.268. The van der Waals surface area contributed by atoms with Gasteiger partial charge in [0.2, 0.25) is 0 Å². The fraction of sp³-hybridized carbons (Fsp3) is 0.583. The molecule has 0 spiro atoms. The van der Waals surface area contributed by atoms with Crippen molar-refractivity contribution in [2.75, 3.05) is 7.11 Å². The minimum absolute atomic E-state index is 0.171. The van der Waals surface area contributed by atoms with E-state index >= 15 is 0 Å². The van der Waals surface area contributed by atoms with Gasteiger partial charge in [-0.15, -0.1) is 0 Å². The van der Waals surface area contributed by atoms with Gasteiger partial charge in [-0.2, -0.15) is 0 Å². The number of methoxy groups -OCH3 is 1. The van der Waals surface area contributed by atoms with E-state index < -0.39 is 0 Å². The van der Waals surface area contributed by atoms with Crippen LogP contribution in [0.5, 0.6) is 0 Å². The van der Waals surface area contributed by atoms with Crippen LogP contribution in [0.3, 0.4) is 0 Å². The highest BCUT2D eigenvalue weighted by atomic mass is 16.5. The second-order valence-corrected chi connectivity index (χ2v) is 4.94. The van der Waals surface area contributed by atoms with Gasteiger partial charge < -0.3 is 10.5 Å². The Morgan fingerprint density at radius 1 is 1.67 bits per heavy atom. The second kappa shape index (κ2) is 2.53. The smallest absolute Gasteiger partial charge is 0.337 e. The van der Waals surface area contributed by atoms with Gasteiger partial charge in [-0.1, -0.05) is 18.2 Å². The minimum Gasteiger partial charge on any atom is -0.465 e. The Bertz CT molecular complexity index is 398. The van der Waals surface area contributed by atoms with Crippen LogP contribution in [0.2, 0.25) is 0 Å². The Morgan fingerprint density at radius 2 is 2.47 bits per heavy atom. The Kier molecular flexibility index (Phi) is 1.54. The molecule has 3 nitrogen and oxygen atoms in total. The molecule has 0 amide bonds. The predicted molar refractivity (Wildman–Crippen MR) is 55.9 cm³/mol. The van der Waals surface area contributed by atoms with Crippen LogP contribution >= 0.6 is 0 Å². The standard InChI is InChI=1S/C12H15NO2/c1-15-10(14)8-2-5-12-7-11(12,6-8)4-3-9(12)13/h2,5-6,9H,3-4,7,13H2,1H3/t9-,11?,12?/m0/s1. The summed E-state index contributed by atoms with van der Waals surface area (Å²) in [5.74, 6) is -0.235. The molecule has 0 aromatic rings. The van der Waals surface area contributed by atoms with E-state index in [2.05, 4.69) is 12.2 Å². The summed E-state index contributed by atoms with van der Waals surface area (Å²) in [6.07, 6.45) is 9.39.